The number of rotatable bonds is 10. The summed E-state index contributed by atoms with van der Waals surface area (Å²) in [6, 6.07) is 82.3. The summed E-state index contributed by atoms with van der Waals surface area (Å²) in [5, 5.41) is 0. The Morgan fingerprint density at radius 3 is 1.14 bits per heavy atom. The van der Waals surface area contributed by atoms with Crippen molar-refractivity contribution in [2.75, 3.05) is 9.80 Å². The molecule has 0 atom stereocenters. The van der Waals surface area contributed by atoms with E-state index in [1.54, 1.807) is 0 Å². The first-order valence-electron chi connectivity index (χ1n) is 23.4. The van der Waals surface area contributed by atoms with Gasteiger partial charge in [-0.15, -0.1) is 0 Å². The summed E-state index contributed by atoms with van der Waals surface area (Å²) in [7, 11) is 0. The van der Waals surface area contributed by atoms with E-state index < -0.39 is 5.41 Å². The van der Waals surface area contributed by atoms with Crippen molar-refractivity contribution < 1.29 is 5.48 Å². The summed E-state index contributed by atoms with van der Waals surface area (Å²) >= 11 is 0. The lowest BCUT2D eigenvalue weighted by Gasteiger charge is -2.35. The molecule has 11 rings (SSSR count). The van der Waals surface area contributed by atoms with Gasteiger partial charge in [-0.05, 0) is 128 Å². The zero-order chi connectivity index (χ0) is 45.5. The molecule has 0 fully saturated rings. The molecule has 0 N–H and O–H groups in total. The largest absolute Gasteiger partial charge is 0.311 e. The van der Waals surface area contributed by atoms with E-state index in [1.807, 2.05) is 114 Å². The molecular weight excluding hydrogens is 761 g/mol. The fourth-order valence-corrected chi connectivity index (χ4v) is 9.35. The lowest BCUT2D eigenvalue weighted by Crippen LogP contribution is -2.28. The van der Waals surface area contributed by atoms with E-state index in [-0.39, 0.29) is 35.4 Å². The Labute approximate surface area is 375 Å². The Morgan fingerprint density at radius 1 is 0.270 bits per heavy atom. The molecule has 0 radical (unpaired) electrons. The molecule has 0 bridgehead atoms. The molecule has 0 heterocycles. The summed E-state index contributed by atoms with van der Waals surface area (Å²) in [4.78, 5) is 4.11. The third-order valence-corrected chi connectivity index (χ3v) is 12.2. The Bertz CT molecular complexity index is 3260. The van der Waals surface area contributed by atoms with Crippen molar-refractivity contribution in [3.05, 3.63) is 289 Å². The number of hydrogen-bond acceptors (Lipinski definition) is 2. The molecule has 2 nitrogen and oxygen atoms in total. The maximum atomic E-state index is 9.68. The highest BCUT2D eigenvalue weighted by Gasteiger charge is 2.46. The van der Waals surface area contributed by atoms with Crippen molar-refractivity contribution in [3.8, 4) is 33.4 Å². The molecule has 0 aliphatic heterocycles. The van der Waals surface area contributed by atoms with Crippen molar-refractivity contribution >= 4 is 34.1 Å². The van der Waals surface area contributed by atoms with Crippen LogP contribution in [0.15, 0.2) is 267 Å². The van der Waals surface area contributed by atoms with Crippen LogP contribution in [0.5, 0.6) is 0 Å². The molecular formula is C61H44N2. The van der Waals surface area contributed by atoms with Gasteiger partial charge in [0, 0.05) is 34.1 Å². The molecule has 0 saturated carbocycles. The lowest BCUT2D eigenvalue weighted by molar-refractivity contribution is 0.768. The molecule has 0 aromatic heterocycles. The quantitative estimate of drug-likeness (QED) is 0.136. The molecule has 10 aromatic rings. The second kappa shape index (κ2) is 16.3. The highest BCUT2D eigenvalue weighted by Crippen LogP contribution is 2.57. The third kappa shape index (κ3) is 6.79. The van der Waals surface area contributed by atoms with E-state index in [0.29, 0.717) is 5.56 Å². The monoisotopic (exact) mass is 808 g/mol. The van der Waals surface area contributed by atoms with E-state index in [4.69, 9.17) is 0 Å². The van der Waals surface area contributed by atoms with Crippen LogP contribution in [0.25, 0.3) is 33.4 Å². The number of para-hydroxylation sites is 3. The number of hydrogen-bond donors (Lipinski definition) is 0. The first-order chi connectivity index (χ1) is 32.9. The van der Waals surface area contributed by atoms with Gasteiger partial charge in [0.15, 0.2) is 0 Å². The van der Waals surface area contributed by atoms with Crippen LogP contribution in [0.4, 0.5) is 34.1 Å². The number of anilines is 6. The van der Waals surface area contributed by atoms with Crippen molar-refractivity contribution in [1.82, 2.24) is 0 Å². The van der Waals surface area contributed by atoms with Gasteiger partial charge >= 0.3 is 0 Å². The normalized spacial score (nSPS) is 13.1. The van der Waals surface area contributed by atoms with Gasteiger partial charge in [0.05, 0.1) is 10.9 Å². The van der Waals surface area contributed by atoms with E-state index in [1.165, 1.54) is 5.56 Å². The van der Waals surface area contributed by atoms with Crippen molar-refractivity contribution in [2.45, 2.75) is 5.41 Å². The van der Waals surface area contributed by atoms with Crippen LogP contribution in [0.2, 0.25) is 0 Å². The van der Waals surface area contributed by atoms with Crippen LogP contribution in [0, 0.1) is 0 Å². The number of benzene rings is 10. The molecule has 0 unspecified atom stereocenters. The second-order valence-corrected chi connectivity index (χ2v) is 15.8. The van der Waals surface area contributed by atoms with Gasteiger partial charge in [-0.2, -0.15) is 0 Å². The van der Waals surface area contributed by atoms with E-state index in [2.05, 4.69) is 138 Å². The SMILES string of the molecule is [2H]c1c([2H])c(N(c2ccccc2)c2ccc3c(c2)C(c2ccccc2)(c2ccccc2)c2ccccc2-3)c([2H])c([2H])c1-c1ccc(-c2ccc(N(c3ccccc3)c3ccccc3)cc2)cc1. The van der Waals surface area contributed by atoms with Gasteiger partial charge in [-0.1, -0.05) is 194 Å². The van der Waals surface area contributed by atoms with Crippen LogP contribution in [0.1, 0.15) is 27.7 Å². The van der Waals surface area contributed by atoms with Gasteiger partial charge in [-0.25, -0.2) is 0 Å². The summed E-state index contributed by atoms with van der Waals surface area (Å²) in [6.07, 6.45) is 0. The Balaban J connectivity index is 0.993. The topological polar surface area (TPSA) is 6.48 Å². The maximum Gasteiger partial charge on any atom is 0.0714 e. The first-order valence-corrected chi connectivity index (χ1v) is 21.4. The van der Waals surface area contributed by atoms with Crippen molar-refractivity contribution in [1.29, 1.82) is 0 Å². The molecule has 1 aliphatic carbocycles. The molecule has 0 saturated heterocycles. The average Bonchev–Trinajstić information content (AvgIpc) is 3.69. The first kappa shape index (κ1) is 33.5. The second-order valence-electron chi connectivity index (χ2n) is 15.8. The molecule has 298 valence electrons. The summed E-state index contributed by atoms with van der Waals surface area (Å²) in [5.74, 6) is 0. The fourth-order valence-electron chi connectivity index (χ4n) is 9.35. The lowest BCUT2D eigenvalue weighted by atomic mass is 9.67. The zero-order valence-corrected chi connectivity index (χ0v) is 34.5. The van der Waals surface area contributed by atoms with Crippen LogP contribution in [0.3, 0.4) is 0 Å². The Kier molecular flexibility index (Phi) is 8.69. The van der Waals surface area contributed by atoms with Gasteiger partial charge in [-0.3, -0.25) is 0 Å². The zero-order valence-electron chi connectivity index (χ0n) is 38.5. The smallest absolute Gasteiger partial charge is 0.0714 e. The van der Waals surface area contributed by atoms with Gasteiger partial charge in [0.25, 0.3) is 0 Å². The minimum Gasteiger partial charge on any atom is -0.311 e. The summed E-state index contributed by atoms with van der Waals surface area (Å²) in [5.41, 5.74) is 13.8. The molecule has 2 heteroatoms. The standard InChI is InChI=1S/C61H44N2/c1-6-18-49(19-7-1)61(50-20-8-2-9-21-50)59-29-17-16-28-57(59)58-43-42-56(44-60(58)61)63(53-26-14-5-15-27-53)55-40-36-48(37-41-55)46-32-30-45(31-33-46)47-34-38-54(39-35-47)62(51-22-10-3-11-23-51)52-24-12-4-13-25-52/h1-44H/i36D,37D,40D,41D. The van der Waals surface area contributed by atoms with E-state index in [0.717, 1.165) is 67.4 Å². The van der Waals surface area contributed by atoms with Crippen LogP contribution < -0.4 is 9.80 Å². The van der Waals surface area contributed by atoms with E-state index >= 15 is 0 Å². The van der Waals surface area contributed by atoms with Crippen molar-refractivity contribution in [3.63, 3.8) is 0 Å². The molecule has 10 aromatic carbocycles. The number of nitrogens with zero attached hydrogens (tertiary/aromatic N) is 2. The Hall–Kier alpha value is -8.20. The van der Waals surface area contributed by atoms with Gasteiger partial charge in [0.1, 0.15) is 0 Å². The van der Waals surface area contributed by atoms with Crippen molar-refractivity contribution in [2.24, 2.45) is 0 Å². The number of fused-ring (bicyclic) bond motifs is 3. The fraction of sp³-hybridized carbons (Fsp3) is 0.0164. The van der Waals surface area contributed by atoms with Gasteiger partial charge in [0.2, 0.25) is 0 Å². The average molecular weight is 809 g/mol. The molecule has 0 spiro atoms. The Morgan fingerprint density at radius 2 is 0.635 bits per heavy atom. The predicted molar refractivity (Wildman–Crippen MR) is 264 cm³/mol. The minimum atomic E-state index is -0.662. The third-order valence-electron chi connectivity index (χ3n) is 12.2. The highest BCUT2D eigenvalue weighted by molar-refractivity contribution is 5.90. The molecule has 0 amide bonds. The van der Waals surface area contributed by atoms with Crippen LogP contribution >= 0.6 is 0 Å². The van der Waals surface area contributed by atoms with Crippen LogP contribution in [-0.2, 0) is 5.41 Å². The predicted octanol–water partition coefficient (Wildman–Crippen LogP) is 16.3. The van der Waals surface area contributed by atoms with Gasteiger partial charge < -0.3 is 9.80 Å². The summed E-state index contributed by atoms with van der Waals surface area (Å²) < 4.78 is 38.4. The van der Waals surface area contributed by atoms with Crippen LogP contribution in [-0.4, -0.2) is 0 Å². The van der Waals surface area contributed by atoms with E-state index in [9.17, 15) is 5.48 Å². The summed E-state index contributed by atoms with van der Waals surface area (Å²) in [6.45, 7) is 0. The maximum absolute atomic E-state index is 9.68. The molecule has 1 aliphatic rings. The highest BCUT2D eigenvalue weighted by atomic mass is 15.1. The minimum absolute atomic E-state index is 0.104. The molecule has 63 heavy (non-hydrogen) atoms.